The van der Waals surface area contributed by atoms with Gasteiger partial charge >= 0.3 is 0 Å². The van der Waals surface area contributed by atoms with Crippen molar-refractivity contribution in [3.05, 3.63) is 76.2 Å². The molecule has 2 heterocycles. The van der Waals surface area contributed by atoms with Gasteiger partial charge < -0.3 is 10.6 Å². The Morgan fingerprint density at radius 1 is 1.12 bits per heavy atom. The predicted octanol–water partition coefficient (Wildman–Crippen LogP) is 3.62. The standard InChI is InChI=1S/C18H16BrN5O/c1-12-5-6-13(10-15(12)19)22-17-8-7-16(23-24-17)18(25)21-11-14-4-2-3-9-20-14/h2-10H,11H2,1H3,(H,21,25)(H,22,24). The molecule has 0 atom stereocenters. The molecule has 2 N–H and O–H groups in total. The predicted molar refractivity (Wildman–Crippen MR) is 99.6 cm³/mol. The van der Waals surface area contributed by atoms with Crippen molar-refractivity contribution in [2.45, 2.75) is 13.5 Å². The molecule has 0 aliphatic heterocycles. The Labute approximate surface area is 153 Å². The molecule has 0 saturated heterocycles. The number of aryl methyl sites for hydroxylation is 1. The van der Waals surface area contributed by atoms with Gasteiger partial charge in [-0.1, -0.05) is 28.1 Å². The van der Waals surface area contributed by atoms with Crippen LogP contribution in [0.2, 0.25) is 0 Å². The summed E-state index contributed by atoms with van der Waals surface area (Å²) < 4.78 is 1.01. The lowest BCUT2D eigenvalue weighted by Gasteiger charge is -2.08. The van der Waals surface area contributed by atoms with E-state index in [1.807, 2.05) is 43.3 Å². The van der Waals surface area contributed by atoms with Gasteiger partial charge in [0.2, 0.25) is 0 Å². The molecule has 1 amide bonds. The fraction of sp³-hybridized carbons (Fsp3) is 0.111. The Balaban J connectivity index is 1.61. The molecule has 6 nitrogen and oxygen atoms in total. The van der Waals surface area contributed by atoms with E-state index in [1.165, 1.54) is 0 Å². The number of benzene rings is 1. The summed E-state index contributed by atoms with van der Waals surface area (Å²) in [5, 5.41) is 13.9. The molecule has 0 bridgehead atoms. The van der Waals surface area contributed by atoms with Crippen LogP contribution in [0.15, 0.2) is 59.2 Å². The van der Waals surface area contributed by atoms with Crippen LogP contribution in [-0.2, 0) is 6.54 Å². The summed E-state index contributed by atoms with van der Waals surface area (Å²) in [6.07, 6.45) is 1.69. The Kier molecular flexibility index (Phi) is 5.35. The van der Waals surface area contributed by atoms with E-state index in [-0.39, 0.29) is 11.6 Å². The third-order valence-corrected chi connectivity index (χ3v) is 4.35. The minimum absolute atomic E-state index is 0.256. The van der Waals surface area contributed by atoms with Crippen LogP contribution in [-0.4, -0.2) is 21.1 Å². The van der Waals surface area contributed by atoms with Crippen molar-refractivity contribution in [1.82, 2.24) is 20.5 Å². The number of hydrogen-bond acceptors (Lipinski definition) is 5. The maximum atomic E-state index is 12.1. The van der Waals surface area contributed by atoms with Crippen molar-refractivity contribution in [3.8, 4) is 0 Å². The lowest BCUT2D eigenvalue weighted by Crippen LogP contribution is -2.24. The highest BCUT2D eigenvalue weighted by Gasteiger charge is 2.08. The van der Waals surface area contributed by atoms with Crippen molar-refractivity contribution >= 4 is 33.3 Å². The largest absolute Gasteiger partial charge is 0.345 e. The number of rotatable bonds is 5. The molecular weight excluding hydrogens is 382 g/mol. The zero-order valence-corrected chi connectivity index (χ0v) is 15.1. The summed E-state index contributed by atoms with van der Waals surface area (Å²) in [7, 11) is 0. The molecule has 25 heavy (non-hydrogen) atoms. The van der Waals surface area contributed by atoms with Gasteiger partial charge in [-0.15, -0.1) is 10.2 Å². The van der Waals surface area contributed by atoms with Crippen LogP contribution < -0.4 is 10.6 Å². The second kappa shape index (κ2) is 7.85. The van der Waals surface area contributed by atoms with Crippen LogP contribution in [0.25, 0.3) is 0 Å². The molecule has 0 saturated carbocycles. The summed E-state index contributed by atoms with van der Waals surface area (Å²) in [6, 6.07) is 14.8. The molecule has 0 fully saturated rings. The van der Waals surface area contributed by atoms with Gasteiger partial charge in [-0.05, 0) is 48.9 Å². The summed E-state index contributed by atoms with van der Waals surface area (Å²) in [5.74, 6) is 0.278. The molecule has 0 spiro atoms. The SMILES string of the molecule is Cc1ccc(Nc2ccc(C(=O)NCc3ccccn3)nn2)cc1Br. The molecule has 0 aliphatic carbocycles. The van der Waals surface area contributed by atoms with Crippen LogP contribution in [0, 0.1) is 6.92 Å². The summed E-state index contributed by atoms with van der Waals surface area (Å²) >= 11 is 3.49. The van der Waals surface area contributed by atoms with Gasteiger partial charge in [-0.2, -0.15) is 0 Å². The number of halogens is 1. The number of hydrogen-bond donors (Lipinski definition) is 2. The molecule has 0 radical (unpaired) electrons. The number of carbonyl (C=O) groups excluding carboxylic acids is 1. The van der Waals surface area contributed by atoms with Crippen LogP contribution >= 0.6 is 15.9 Å². The van der Waals surface area contributed by atoms with Crippen molar-refractivity contribution < 1.29 is 4.79 Å². The maximum Gasteiger partial charge on any atom is 0.272 e. The van der Waals surface area contributed by atoms with Crippen molar-refractivity contribution in [1.29, 1.82) is 0 Å². The molecule has 3 rings (SSSR count). The first-order valence-electron chi connectivity index (χ1n) is 7.67. The zero-order valence-electron chi connectivity index (χ0n) is 13.5. The Morgan fingerprint density at radius 2 is 2.00 bits per heavy atom. The molecule has 1 aromatic carbocycles. The number of aromatic nitrogens is 3. The maximum absolute atomic E-state index is 12.1. The second-order valence-electron chi connectivity index (χ2n) is 5.40. The van der Waals surface area contributed by atoms with Gasteiger partial charge in [-0.25, -0.2) is 0 Å². The van der Waals surface area contributed by atoms with E-state index >= 15 is 0 Å². The van der Waals surface area contributed by atoms with Crippen molar-refractivity contribution in [3.63, 3.8) is 0 Å². The van der Waals surface area contributed by atoms with Crippen LogP contribution in [0.4, 0.5) is 11.5 Å². The number of anilines is 2. The summed E-state index contributed by atoms with van der Waals surface area (Å²) in [4.78, 5) is 16.3. The average molecular weight is 398 g/mol. The van der Waals surface area contributed by atoms with Gasteiger partial charge in [0.05, 0.1) is 12.2 Å². The lowest BCUT2D eigenvalue weighted by atomic mass is 10.2. The van der Waals surface area contributed by atoms with E-state index in [0.717, 1.165) is 21.4 Å². The van der Waals surface area contributed by atoms with Crippen LogP contribution in [0.5, 0.6) is 0 Å². The van der Waals surface area contributed by atoms with Crippen molar-refractivity contribution in [2.75, 3.05) is 5.32 Å². The molecule has 7 heteroatoms. The summed E-state index contributed by atoms with van der Waals surface area (Å²) in [6.45, 7) is 2.37. The smallest absolute Gasteiger partial charge is 0.272 e. The average Bonchev–Trinajstić information content (AvgIpc) is 2.64. The molecule has 126 valence electrons. The van der Waals surface area contributed by atoms with E-state index in [2.05, 4.69) is 41.7 Å². The van der Waals surface area contributed by atoms with Crippen molar-refractivity contribution in [2.24, 2.45) is 0 Å². The third-order valence-electron chi connectivity index (χ3n) is 3.50. The first kappa shape index (κ1) is 17.0. The quantitative estimate of drug-likeness (QED) is 0.687. The monoisotopic (exact) mass is 397 g/mol. The molecule has 0 aliphatic rings. The van der Waals surface area contributed by atoms with Gasteiger partial charge in [0.25, 0.3) is 5.91 Å². The van der Waals surface area contributed by atoms with Crippen LogP contribution in [0.3, 0.4) is 0 Å². The molecule has 0 unspecified atom stereocenters. The minimum Gasteiger partial charge on any atom is -0.345 e. The highest BCUT2D eigenvalue weighted by Crippen LogP contribution is 2.22. The number of carbonyl (C=O) groups is 1. The Hall–Kier alpha value is -2.80. The fourth-order valence-corrected chi connectivity index (χ4v) is 2.48. The van der Waals surface area contributed by atoms with Gasteiger partial charge in [0.15, 0.2) is 11.5 Å². The fourth-order valence-electron chi connectivity index (χ4n) is 2.10. The second-order valence-corrected chi connectivity index (χ2v) is 6.25. The van der Waals surface area contributed by atoms with Gasteiger partial charge in [0, 0.05) is 16.4 Å². The summed E-state index contributed by atoms with van der Waals surface area (Å²) in [5.41, 5.74) is 3.08. The van der Waals surface area contributed by atoms with Gasteiger partial charge in [0.1, 0.15) is 0 Å². The first-order chi connectivity index (χ1) is 12.1. The topological polar surface area (TPSA) is 79.8 Å². The molecule has 2 aromatic heterocycles. The Morgan fingerprint density at radius 3 is 2.68 bits per heavy atom. The Bertz CT molecular complexity index is 868. The van der Waals surface area contributed by atoms with E-state index in [9.17, 15) is 4.79 Å². The van der Waals surface area contributed by atoms with Gasteiger partial charge in [-0.3, -0.25) is 9.78 Å². The number of pyridine rings is 1. The lowest BCUT2D eigenvalue weighted by molar-refractivity contribution is 0.0944. The van der Waals surface area contributed by atoms with E-state index < -0.39 is 0 Å². The normalized spacial score (nSPS) is 10.3. The van der Waals surface area contributed by atoms with E-state index in [4.69, 9.17) is 0 Å². The van der Waals surface area contributed by atoms with Crippen LogP contribution in [0.1, 0.15) is 21.7 Å². The zero-order chi connectivity index (χ0) is 17.6. The van der Waals surface area contributed by atoms with E-state index in [1.54, 1.807) is 18.3 Å². The highest BCUT2D eigenvalue weighted by molar-refractivity contribution is 9.10. The number of amides is 1. The number of nitrogens with zero attached hydrogens (tertiary/aromatic N) is 3. The molecule has 3 aromatic rings. The number of nitrogens with one attached hydrogen (secondary N) is 2. The van der Waals surface area contributed by atoms with E-state index in [0.29, 0.717) is 12.4 Å². The third kappa shape index (κ3) is 4.60. The first-order valence-corrected chi connectivity index (χ1v) is 8.46. The molecular formula is C18H16BrN5O. The highest BCUT2D eigenvalue weighted by atomic mass is 79.9. The minimum atomic E-state index is -0.289.